The van der Waals surface area contributed by atoms with E-state index in [0.29, 0.717) is 0 Å². The van der Waals surface area contributed by atoms with Crippen molar-refractivity contribution in [2.75, 3.05) is 26.2 Å². The summed E-state index contributed by atoms with van der Waals surface area (Å²) in [6.07, 6.45) is 0. The Morgan fingerprint density at radius 3 is 1.97 bits per heavy atom. The normalized spacial score (nSPS) is 14.5. The van der Waals surface area contributed by atoms with E-state index in [1.807, 2.05) is 0 Å². The highest BCUT2D eigenvalue weighted by Crippen LogP contribution is 2.30. The van der Waals surface area contributed by atoms with Gasteiger partial charge in [0, 0.05) is 67.6 Å². The summed E-state index contributed by atoms with van der Waals surface area (Å²) in [5, 5.41) is 17.5. The molecular weight excluding hydrogens is 454 g/mol. The van der Waals surface area contributed by atoms with Crippen molar-refractivity contribution in [3.8, 4) is 0 Å². The second kappa shape index (κ2) is 11.4. The molecule has 0 amide bonds. The van der Waals surface area contributed by atoms with Crippen LogP contribution in [0.3, 0.4) is 0 Å². The number of carboxylic acid groups (broad SMARTS) is 2. The van der Waals surface area contributed by atoms with E-state index in [1.165, 1.54) is 38.5 Å². The summed E-state index contributed by atoms with van der Waals surface area (Å²) in [5.41, 5.74) is 6.99. The molecule has 1 fully saturated rings. The number of hydrogen-bond donors (Lipinski definition) is 2. The zero-order valence-electron chi connectivity index (χ0n) is 20.9. The van der Waals surface area contributed by atoms with Gasteiger partial charge in [-0.25, -0.2) is 9.59 Å². The molecule has 5 rings (SSSR count). The molecule has 0 unspecified atom stereocenters. The molecule has 4 aromatic rings. The lowest BCUT2D eigenvalue weighted by atomic mass is 10.1. The lowest BCUT2D eigenvalue weighted by molar-refractivity contribution is -0.159. The lowest BCUT2D eigenvalue weighted by Crippen LogP contribution is -2.45. The molecule has 0 aliphatic carbocycles. The van der Waals surface area contributed by atoms with Crippen molar-refractivity contribution >= 4 is 33.7 Å². The maximum Gasteiger partial charge on any atom is 0.414 e. The Hall–Kier alpha value is -3.68. The van der Waals surface area contributed by atoms with Crippen molar-refractivity contribution in [1.82, 2.24) is 14.4 Å². The van der Waals surface area contributed by atoms with Crippen LogP contribution in [0.2, 0.25) is 0 Å². The Morgan fingerprint density at radius 2 is 1.33 bits per heavy atom. The molecule has 0 atom stereocenters. The van der Waals surface area contributed by atoms with Gasteiger partial charge in [-0.3, -0.25) is 9.80 Å². The van der Waals surface area contributed by atoms with E-state index in [2.05, 4.69) is 94.9 Å². The van der Waals surface area contributed by atoms with Crippen molar-refractivity contribution in [3.05, 3.63) is 83.4 Å². The first-order valence-electron chi connectivity index (χ1n) is 12.3. The summed E-state index contributed by atoms with van der Waals surface area (Å²) in [7, 11) is 0. The molecule has 0 saturated carbocycles. The lowest BCUT2D eigenvalue weighted by Gasteiger charge is -2.35. The number of piperazine rings is 1. The smallest absolute Gasteiger partial charge is 0.414 e. The number of para-hydroxylation sites is 1. The van der Waals surface area contributed by atoms with Crippen LogP contribution < -0.4 is 0 Å². The molecule has 1 aliphatic rings. The van der Waals surface area contributed by atoms with Gasteiger partial charge in [-0.1, -0.05) is 48.5 Å². The molecule has 1 aromatic heterocycles. The summed E-state index contributed by atoms with van der Waals surface area (Å²) in [5.74, 6) is -3.65. The first kappa shape index (κ1) is 25.4. The molecule has 3 aromatic carbocycles. The van der Waals surface area contributed by atoms with Crippen LogP contribution in [0.25, 0.3) is 21.8 Å². The number of carbonyl (C=O) groups is 2. The van der Waals surface area contributed by atoms with Crippen molar-refractivity contribution < 1.29 is 19.8 Å². The number of hydrogen-bond acceptors (Lipinski definition) is 4. The highest BCUT2D eigenvalue weighted by Gasteiger charge is 2.18. The third-order valence-corrected chi connectivity index (χ3v) is 6.86. The minimum atomic E-state index is -1.82. The van der Waals surface area contributed by atoms with Crippen LogP contribution in [0, 0.1) is 6.92 Å². The molecule has 188 valence electrons. The molecular formula is C29H33N3O4. The van der Waals surface area contributed by atoms with Gasteiger partial charge in [-0.05, 0) is 48.7 Å². The van der Waals surface area contributed by atoms with Gasteiger partial charge >= 0.3 is 11.9 Å². The Labute approximate surface area is 211 Å². The van der Waals surface area contributed by atoms with Crippen LogP contribution in [0.1, 0.15) is 23.6 Å². The number of benzene rings is 3. The van der Waals surface area contributed by atoms with Crippen molar-refractivity contribution in [2.24, 2.45) is 0 Å². The first-order chi connectivity index (χ1) is 17.4. The van der Waals surface area contributed by atoms with Gasteiger partial charge in [0.1, 0.15) is 0 Å². The number of rotatable bonds is 5. The van der Waals surface area contributed by atoms with Crippen molar-refractivity contribution in [2.45, 2.75) is 33.5 Å². The van der Waals surface area contributed by atoms with Crippen LogP contribution in [-0.2, 0) is 29.2 Å². The SMILES string of the molecule is CCn1c2ccccc2c2cc(CN3CCN(Cc4ccccc4C)CC3)ccc21.O=C(O)C(=O)O. The average molecular weight is 488 g/mol. The molecule has 7 nitrogen and oxygen atoms in total. The fourth-order valence-electron chi connectivity index (χ4n) is 4.93. The number of aryl methyl sites for hydroxylation is 2. The highest BCUT2D eigenvalue weighted by atomic mass is 16.4. The molecule has 0 radical (unpaired) electrons. The molecule has 36 heavy (non-hydrogen) atoms. The fourth-order valence-corrected chi connectivity index (χ4v) is 4.93. The number of aliphatic carboxylic acids is 2. The molecule has 1 aliphatic heterocycles. The minimum absolute atomic E-state index is 1.01. The van der Waals surface area contributed by atoms with Gasteiger partial charge in [0.25, 0.3) is 0 Å². The summed E-state index contributed by atoms with van der Waals surface area (Å²) in [4.78, 5) is 23.4. The second-order valence-corrected chi connectivity index (χ2v) is 9.20. The van der Waals surface area contributed by atoms with Gasteiger partial charge in [0.2, 0.25) is 0 Å². The van der Waals surface area contributed by atoms with Crippen molar-refractivity contribution in [1.29, 1.82) is 0 Å². The van der Waals surface area contributed by atoms with Gasteiger partial charge < -0.3 is 14.8 Å². The van der Waals surface area contributed by atoms with E-state index in [0.717, 1.165) is 45.8 Å². The largest absolute Gasteiger partial charge is 0.473 e. The molecule has 0 bridgehead atoms. The molecule has 7 heteroatoms. The molecule has 0 spiro atoms. The zero-order valence-corrected chi connectivity index (χ0v) is 20.9. The number of aromatic nitrogens is 1. The monoisotopic (exact) mass is 487 g/mol. The van der Waals surface area contributed by atoms with E-state index in [4.69, 9.17) is 19.8 Å². The Balaban J connectivity index is 0.000000455. The first-order valence-corrected chi connectivity index (χ1v) is 12.3. The molecule has 2 heterocycles. The predicted molar refractivity (Wildman–Crippen MR) is 142 cm³/mol. The third kappa shape index (κ3) is 5.75. The summed E-state index contributed by atoms with van der Waals surface area (Å²) in [6.45, 7) is 12.1. The van der Waals surface area contributed by atoms with E-state index in [9.17, 15) is 0 Å². The van der Waals surface area contributed by atoms with Crippen LogP contribution in [0.5, 0.6) is 0 Å². The number of carboxylic acids is 2. The quantitative estimate of drug-likeness (QED) is 0.400. The van der Waals surface area contributed by atoms with Crippen LogP contribution in [0.15, 0.2) is 66.7 Å². The number of nitrogens with zero attached hydrogens (tertiary/aromatic N) is 3. The summed E-state index contributed by atoms with van der Waals surface area (Å²) < 4.78 is 2.43. The van der Waals surface area contributed by atoms with Gasteiger partial charge in [0.15, 0.2) is 0 Å². The standard InChI is InChI=1S/C27H31N3.C2H2O4/c1-3-30-26-11-7-6-10-24(26)25-18-22(12-13-27(25)30)19-28-14-16-29(17-15-28)20-23-9-5-4-8-21(23)2;3-1(4)2(5)6/h4-13,18H,3,14-17,19-20H2,1-2H3;(H,3,4)(H,5,6). The topological polar surface area (TPSA) is 86.0 Å². The zero-order chi connectivity index (χ0) is 25.7. The van der Waals surface area contributed by atoms with Crippen LogP contribution in [0.4, 0.5) is 0 Å². The van der Waals surface area contributed by atoms with Crippen LogP contribution >= 0.6 is 0 Å². The molecule has 1 saturated heterocycles. The van der Waals surface area contributed by atoms with Crippen LogP contribution in [-0.4, -0.2) is 62.7 Å². The average Bonchev–Trinajstić information content (AvgIpc) is 3.20. The van der Waals surface area contributed by atoms with E-state index >= 15 is 0 Å². The van der Waals surface area contributed by atoms with E-state index in [-0.39, 0.29) is 0 Å². The Kier molecular flexibility index (Phi) is 8.03. The van der Waals surface area contributed by atoms with E-state index in [1.54, 1.807) is 0 Å². The molecule has 2 N–H and O–H groups in total. The van der Waals surface area contributed by atoms with Gasteiger partial charge in [0.05, 0.1) is 0 Å². The fraction of sp³-hybridized carbons (Fsp3) is 0.310. The number of fused-ring (bicyclic) bond motifs is 3. The third-order valence-electron chi connectivity index (χ3n) is 6.86. The maximum absolute atomic E-state index is 9.10. The summed E-state index contributed by atoms with van der Waals surface area (Å²) >= 11 is 0. The Morgan fingerprint density at radius 1 is 0.750 bits per heavy atom. The Bertz CT molecular complexity index is 1360. The maximum atomic E-state index is 9.10. The summed E-state index contributed by atoms with van der Waals surface area (Å²) in [6, 6.07) is 24.6. The minimum Gasteiger partial charge on any atom is -0.473 e. The second-order valence-electron chi connectivity index (χ2n) is 9.20. The van der Waals surface area contributed by atoms with E-state index < -0.39 is 11.9 Å². The predicted octanol–water partition coefficient (Wildman–Crippen LogP) is 4.60. The highest BCUT2D eigenvalue weighted by molar-refractivity contribution is 6.27. The van der Waals surface area contributed by atoms with Gasteiger partial charge in [-0.2, -0.15) is 0 Å². The van der Waals surface area contributed by atoms with Crippen molar-refractivity contribution in [3.63, 3.8) is 0 Å². The van der Waals surface area contributed by atoms with Gasteiger partial charge in [-0.15, -0.1) is 0 Å².